The predicted molar refractivity (Wildman–Crippen MR) is 77.0 cm³/mol. The fourth-order valence-corrected chi connectivity index (χ4v) is 4.02. The first-order chi connectivity index (χ1) is 9.32. The SMILES string of the molecule is CC(C(=O)N1CCCC1C1CCCCC1O)S(C)(=O)=O. The average Bonchev–Trinajstić information content (AvgIpc) is 2.85. The largest absolute Gasteiger partial charge is 0.393 e. The molecule has 1 saturated heterocycles. The molecule has 1 amide bonds. The highest BCUT2D eigenvalue weighted by Gasteiger charge is 2.41. The van der Waals surface area contributed by atoms with Gasteiger partial charge in [-0.25, -0.2) is 8.42 Å². The zero-order chi connectivity index (χ0) is 14.9. The number of hydrogen-bond acceptors (Lipinski definition) is 4. The first-order valence-electron chi connectivity index (χ1n) is 7.50. The molecule has 116 valence electrons. The monoisotopic (exact) mass is 303 g/mol. The number of aliphatic hydroxyl groups excluding tert-OH is 1. The van der Waals surface area contributed by atoms with Crippen LogP contribution in [0.15, 0.2) is 0 Å². The lowest BCUT2D eigenvalue weighted by molar-refractivity contribution is -0.133. The van der Waals surface area contributed by atoms with Gasteiger partial charge in [-0.3, -0.25) is 4.79 Å². The smallest absolute Gasteiger partial charge is 0.240 e. The van der Waals surface area contributed by atoms with Crippen molar-refractivity contribution >= 4 is 15.7 Å². The van der Waals surface area contributed by atoms with Crippen molar-refractivity contribution in [1.29, 1.82) is 0 Å². The molecule has 2 rings (SSSR count). The van der Waals surface area contributed by atoms with Crippen LogP contribution < -0.4 is 0 Å². The van der Waals surface area contributed by atoms with E-state index in [1.54, 1.807) is 4.90 Å². The van der Waals surface area contributed by atoms with Crippen molar-refractivity contribution in [1.82, 2.24) is 4.90 Å². The van der Waals surface area contributed by atoms with E-state index in [-0.39, 0.29) is 24.0 Å². The maximum absolute atomic E-state index is 12.4. The highest BCUT2D eigenvalue weighted by Crippen LogP contribution is 2.35. The Balaban J connectivity index is 2.12. The first-order valence-corrected chi connectivity index (χ1v) is 9.45. The number of sulfone groups is 1. The van der Waals surface area contributed by atoms with Crippen LogP contribution in [0.3, 0.4) is 0 Å². The number of rotatable bonds is 3. The summed E-state index contributed by atoms with van der Waals surface area (Å²) in [5.74, 6) is -0.185. The summed E-state index contributed by atoms with van der Waals surface area (Å²) in [4.78, 5) is 14.1. The molecule has 2 aliphatic rings. The maximum atomic E-state index is 12.4. The highest BCUT2D eigenvalue weighted by atomic mass is 32.2. The molecule has 1 aliphatic heterocycles. The van der Waals surface area contributed by atoms with E-state index in [0.717, 1.165) is 44.8 Å². The van der Waals surface area contributed by atoms with Gasteiger partial charge in [-0.05, 0) is 32.6 Å². The molecule has 1 N–H and O–H groups in total. The maximum Gasteiger partial charge on any atom is 0.240 e. The van der Waals surface area contributed by atoms with Gasteiger partial charge in [0, 0.05) is 24.8 Å². The number of likely N-dealkylation sites (tertiary alicyclic amines) is 1. The van der Waals surface area contributed by atoms with Gasteiger partial charge in [0.25, 0.3) is 0 Å². The van der Waals surface area contributed by atoms with Crippen LogP contribution in [0.25, 0.3) is 0 Å². The topological polar surface area (TPSA) is 74.7 Å². The molecule has 0 bridgehead atoms. The van der Waals surface area contributed by atoms with Gasteiger partial charge in [-0.1, -0.05) is 12.8 Å². The van der Waals surface area contributed by atoms with Crippen LogP contribution in [0.5, 0.6) is 0 Å². The zero-order valence-electron chi connectivity index (χ0n) is 12.3. The average molecular weight is 303 g/mol. The van der Waals surface area contributed by atoms with Gasteiger partial charge in [0.05, 0.1) is 6.10 Å². The Bertz CT molecular complexity index is 462. The number of amides is 1. The van der Waals surface area contributed by atoms with Crippen molar-refractivity contribution in [3.63, 3.8) is 0 Å². The summed E-state index contributed by atoms with van der Waals surface area (Å²) < 4.78 is 23.2. The van der Waals surface area contributed by atoms with Crippen LogP contribution in [-0.4, -0.2) is 54.5 Å². The van der Waals surface area contributed by atoms with E-state index in [1.165, 1.54) is 6.92 Å². The van der Waals surface area contributed by atoms with Crippen LogP contribution in [0.1, 0.15) is 45.4 Å². The molecule has 0 aromatic carbocycles. The second-order valence-corrected chi connectivity index (χ2v) is 8.59. The molecule has 1 heterocycles. The van der Waals surface area contributed by atoms with Gasteiger partial charge in [-0.15, -0.1) is 0 Å². The number of aliphatic hydroxyl groups is 1. The molecule has 0 aromatic rings. The van der Waals surface area contributed by atoms with E-state index < -0.39 is 15.1 Å². The van der Waals surface area contributed by atoms with Crippen molar-refractivity contribution in [2.75, 3.05) is 12.8 Å². The second-order valence-electron chi connectivity index (χ2n) is 6.23. The molecule has 2 fully saturated rings. The Kier molecular flexibility index (Phi) is 4.74. The van der Waals surface area contributed by atoms with Crippen LogP contribution in [-0.2, 0) is 14.6 Å². The van der Waals surface area contributed by atoms with Gasteiger partial charge in [0.2, 0.25) is 5.91 Å². The molecule has 20 heavy (non-hydrogen) atoms. The van der Waals surface area contributed by atoms with Crippen molar-refractivity contribution in [3.05, 3.63) is 0 Å². The minimum Gasteiger partial charge on any atom is -0.393 e. The van der Waals surface area contributed by atoms with Crippen molar-refractivity contribution in [3.8, 4) is 0 Å². The Labute approximate surface area is 121 Å². The van der Waals surface area contributed by atoms with Gasteiger partial charge in [-0.2, -0.15) is 0 Å². The van der Waals surface area contributed by atoms with E-state index in [2.05, 4.69) is 0 Å². The summed E-state index contributed by atoms with van der Waals surface area (Å²) in [6.45, 7) is 2.08. The number of nitrogens with zero attached hydrogens (tertiary/aromatic N) is 1. The molecule has 0 spiro atoms. The van der Waals surface area contributed by atoms with Gasteiger partial charge in [0.1, 0.15) is 5.25 Å². The normalized spacial score (nSPS) is 33.1. The molecule has 4 unspecified atom stereocenters. The van der Waals surface area contributed by atoms with E-state index >= 15 is 0 Å². The van der Waals surface area contributed by atoms with Crippen molar-refractivity contribution < 1.29 is 18.3 Å². The van der Waals surface area contributed by atoms with Gasteiger partial charge >= 0.3 is 0 Å². The van der Waals surface area contributed by atoms with Crippen LogP contribution in [0, 0.1) is 5.92 Å². The molecule has 1 saturated carbocycles. The third kappa shape index (κ3) is 3.17. The molecule has 0 aromatic heterocycles. The van der Waals surface area contributed by atoms with E-state index in [4.69, 9.17) is 0 Å². The van der Waals surface area contributed by atoms with Gasteiger partial charge in [0.15, 0.2) is 9.84 Å². The predicted octanol–water partition coefficient (Wildman–Crippen LogP) is 0.962. The lowest BCUT2D eigenvalue weighted by atomic mass is 9.80. The highest BCUT2D eigenvalue weighted by molar-refractivity contribution is 7.92. The Morgan fingerprint density at radius 3 is 2.45 bits per heavy atom. The fraction of sp³-hybridized carbons (Fsp3) is 0.929. The minimum absolute atomic E-state index is 0.0157. The van der Waals surface area contributed by atoms with E-state index in [0.29, 0.717) is 6.54 Å². The molecular weight excluding hydrogens is 278 g/mol. The summed E-state index contributed by atoms with van der Waals surface area (Å²) in [7, 11) is -3.36. The zero-order valence-corrected chi connectivity index (χ0v) is 13.1. The molecule has 6 heteroatoms. The fourth-order valence-electron chi connectivity index (χ4n) is 3.52. The second kappa shape index (κ2) is 6.02. The van der Waals surface area contributed by atoms with Crippen LogP contribution >= 0.6 is 0 Å². The molecule has 4 atom stereocenters. The third-order valence-corrected chi connectivity index (χ3v) is 6.33. The third-order valence-electron chi connectivity index (χ3n) is 4.85. The standard InChI is InChI=1S/C14H25NO4S/c1-10(20(2,18)19)14(17)15-9-5-7-12(15)11-6-3-4-8-13(11)16/h10-13,16H,3-9H2,1-2H3. The summed E-state index contributed by atoms with van der Waals surface area (Å²) >= 11 is 0. The molecule has 5 nitrogen and oxygen atoms in total. The number of hydrogen-bond donors (Lipinski definition) is 1. The number of carbonyl (C=O) groups is 1. The lowest BCUT2D eigenvalue weighted by Gasteiger charge is -2.37. The first kappa shape index (κ1) is 15.8. The Hall–Kier alpha value is -0.620. The Morgan fingerprint density at radius 1 is 1.20 bits per heavy atom. The summed E-state index contributed by atoms with van der Waals surface area (Å²) in [5.41, 5.74) is 0. The minimum atomic E-state index is -3.36. The van der Waals surface area contributed by atoms with Crippen molar-refractivity contribution in [2.24, 2.45) is 5.92 Å². The Morgan fingerprint density at radius 2 is 1.85 bits per heavy atom. The molecule has 1 aliphatic carbocycles. The van der Waals surface area contributed by atoms with E-state index in [1.807, 2.05) is 0 Å². The van der Waals surface area contributed by atoms with Crippen LogP contribution in [0.4, 0.5) is 0 Å². The molecular formula is C14H25NO4S. The van der Waals surface area contributed by atoms with Gasteiger partial charge < -0.3 is 10.0 Å². The summed E-state index contributed by atoms with van der Waals surface area (Å²) in [6, 6.07) is 0.0157. The van der Waals surface area contributed by atoms with E-state index in [9.17, 15) is 18.3 Å². The quantitative estimate of drug-likeness (QED) is 0.843. The number of carbonyl (C=O) groups excluding carboxylic acids is 1. The summed E-state index contributed by atoms with van der Waals surface area (Å²) in [5, 5.41) is 9.19. The lowest BCUT2D eigenvalue weighted by Crippen LogP contribution is -2.49. The summed E-state index contributed by atoms with van der Waals surface area (Å²) in [6.07, 6.45) is 6.39. The molecule has 0 radical (unpaired) electrons. The van der Waals surface area contributed by atoms with Crippen LogP contribution in [0.2, 0.25) is 0 Å². The van der Waals surface area contributed by atoms with Crippen molar-refractivity contribution in [2.45, 2.75) is 62.8 Å².